The Hall–Kier alpha value is -1.89. The lowest BCUT2D eigenvalue weighted by Crippen LogP contribution is -2.42. The first-order valence-corrected chi connectivity index (χ1v) is 8.69. The number of imide groups is 1. The van der Waals surface area contributed by atoms with Gasteiger partial charge in [0, 0.05) is 24.4 Å². The summed E-state index contributed by atoms with van der Waals surface area (Å²) in [6.45, 7) is 6.19. The molecule has 1 saturated heterocycles. The van der Waals surface area contributed by atoms with E-state index >= 15 is 0 Å². The minimum Gasteiger partial charge on any atom is -0.335 e. The molecule has 1 N–H and O–H groups in total. The first-order chi connectivity index (χ1) is 10.8. The van der Waals surface area contributed by atoms with Crippen molar-refractivity contribution in [3.8, 4) is 0 Å². The first-order valence-electron chi connectivity index (χ1n) is 7.81. The molecule has 0 aliphatic carbocycles. The van der Waals surface area contributed by atoms with Crippen LogP contribution in [0.4, 0.5) is 4.79 Å². The molecule has 1 aromatic heterocycles. The van der Waals surface area contributed by atoms with Crippen molar-refractivity contribution in [1.29, 1.82) is 0 Å². The van der Waals surface area contributed by atoms with Crippen molar-refractivity contribution in [3.05, 3.63) is 21.9 Å². The van der Waals surface area contributed by atoms with Crippen LogP contribution >= 0.6 is 11.3 Å². The zero-order chi connectivity index (χ0) is 16.8. The molecule has 6 nitrogen and oxygen atoms in total. The highest BCUT2D eigenvalue weighted by Crippen LogP contribution is 2.33. The van der Waals surface area contributed by atoms with Gasteiger partial charge in [0.1, 0.15) is 5.54 Å². The van der Waals surface area contributed by atoms with Crippen LogP contribution < -0.4 is 5.32 Å². The van der Waals surface area contributed by atoms with Crippen LogP contribution in [0, 0.1) is 0 Å². The summed E-state index contributed by atoms with van der Waals surface area (Å²) in [6.07, 6.45) is 1.04. The summed E-state index contributed by atoms with van der Waals surface area (Å²) in [7, 11) is 0. The Morgan fingerprint density at radius 2 is 2.17 bits per heavy atom. The maximum atomic E-state index is 12.5. The Balaban J connectivity index is 1.63. The summed E-state index contributed by atoms with van der Waals surface area (Å²) in [5.74, 6) is -0.290. The molecule has 1 aromatic rings. The van der Waals surface area contributed by atoms with Gasteiger partial charge in [0.25, 0.3) is 5.91 Å². The summed E-state index contributed by atoms with van der Waals surface area (Å²) in [6, 6.07) is 1.71. The predicted molar refractivity (Wildman–Crippen MR) is 87.1 cm³/mol. The van der Waals surface area contributed by atoms with Gasteiger partial charge < -0.3 is 10.2 Å². The zero-order valence-corrected chi connectivity index (χ0v) is 14.4. The summed E-state index contributed by atoms with van der Waals surface area (Å²) >= 11 is 1.73. The van der Waals surface area contributed by atoms with Crippen LogP contribution in [0.1, 0.15) is 43.7 Å². The molecule has 7 heteroatoms. The van der Waals surface area contributed by atoms with E-state index in [0.717, 1.165) is 11.3 Å². The van der Waals surface area contributed by atoms with Gasteiger partial charge in [-0.1, -0.05) is 0 Å². The number of hydrogen-bond donors (Lipinski definition) is 1. The van der Waals surface area contributed by atoms with Crippen LogP contribution in [0.15, 0.2) is 11.4 Å². The van der Waals surface area contributed by atoms with Gasteiger partial charge >= 0.3 is 6.03 Å². The third-order valence-corrected chi connectivity index (χ3v) is 5.59. The highest BCUT2D eigenvalue weighted by atomic mass is 32.1. The molecule has 3 rings (SSSR count). The maximum absolute atomic E-state index is 12.5. The minimum atomic E-state index is -0.885. The van der Waals surface area contributed by atoms with E-state index in [1.54, 1.807) is 25.2 Å². The standard InChI is InChI=1S/C16H21N3O3S/c1-10-11-6-9-23-12(11)4-7-18(10)13(20)5-8-19-14(21)16(2,3)17-15(19)22/h6,9-10H,4-5,7-8H2,1-3H3,(H,17,22)/t10-/m1/s1. The molecule has 1 fully saturated rings. The summed E-state index contributed by atoms with van der Waals surface area (Å²) < 4.78 is 0. The SMILES string of the molecule is C[C@@H]1c2ccsc2CCN1C(=O)CCN1C(=O)NC(C)(C)C1=O. The summed E-state index contributed by atoms with van der Waals surface area (Å²) in [4.78, 5) is 40.9. The molecular formula is C16H21N3O3S. The van der Waals surface area contributed by atoms with Crippen molar-refractivity contribution >= 4 is 29.2 Å². The number of hydrogen-bond acceptors (Lipinski definition) is 4. The predicted octanol–water partition coefficient (Wildman–Crippen LogP) is 1.91. The van der Waals surface area contributed by atoms with Gasteiger partial charge in [0.05, 0.1) is 6.04 Å². The second-order valence-electron chi connectivity index (χ2n) is 6.57. The maximum Gasteiger partial charge on any atom is 0.325 e. The Kier molecular flexibility index (Phi) is 3.91. The van der Waals surface area contributed by atoms with Crippen molar-refractivity contribution in [2.75, 3.05) is 13.1 Å². The number of nitrogens with one attached hydrogen (secondary N) is 1. The van der Waals surface area contributed by atoms with Gasteiger partial charge in [0.15, 0.2) is 0 Å². The third-order valence-electron chi connectivity index (χ3n) is 4.59. The lowest BCUT2D eigenvalue weighted by Gasteiger charge is -2.34. The number of carbonyl (C=O) groups excluding carboxylic acids is 3. The average molecular weight is 335 g/mol. The zero-order valence-electron chi connectivity index (χ0n) is 13.6. The smallest absolute Gasteiger partial charge is 0.325 e. The number of amides is 4. The van der Waals surface area contributed by atoms with Gasteiger partial charge in [-0.3, -0.25) is 14.5 Å². The van der Waals surface area contributed by atoms with E-state index in [1.807, 2.05) is 11.8 Å². The van der Waals surface area contributed by atoms with Crippen molar-refractivity contribution in [1.82, 2.24) is 15.1 Å². The second-order valence-corrected chi connectivity index (χ2v) is 7.57. The topological polar surface area (TPSA) is 69.7 Å². The van der Waals surface area contributed by atoms with Crippen molar-refractivity contribution in [3.63, 3.8) is 0 Å². The van der Waals surface area contributed by atoms with Gasteiger partial charge in [-0.2, -0.15) is 0 Å². The Morgan fingerprint density at radius 1 is 1.43 bits per heavy atom. The fourth-order valence-electron chi connectivity index (χ4n) is 3.22. The lowest BCUT2D eigenvalue weighted by atomic mass is 10.0. The fourth-order valence-corrected chi connectivity index (χ4v) is 4.18. The number of thiophene rings is 1. The van der Waals surface area contributed by atoms with Gasteiger partial charge in [-0.15, -0.1) is 11.3 Å². The van der Waals surface area contributed by atoms with Crippen LogP contribution in [-0.4, -0.2) is 46.3 Å². The van der Waals surface area contributed by atoms with Crippen molar-refractivity contribution in [2.24, 2.45) is 0 Å². The number of fused-ring (bicyclic) bond motifs is 1. The number of urea groups is 1. The fraction of sp³-hybridized carbons (Fsp3) is 0.562. The molecule has 2 aliphatic rings. The van der Waals surface area contributed by atoms with Crippen LogP contribution in [-0.2, 0) is 16.0 Å². The minimum absolute atomic E-state index is 0.0142. The van der Waals surface area contributed by atoms with E-state index in [1.165, 1.54) is 10.4 Å². The number of nitrogens with zero attached hydrogens (tertiary/aromatic N) is 2. The molecule has 1 atom stereocenters. The molecular weight excluding hydrogens is 314 g/mol. The van der Waals surface area contributed by atoms with Crippen LogP contribution in [0.25, 0.3) is 0 Å². The van der Waals surface area contributed by atoms with E-state index in [9.17, 15) is 14.4 Å². The summed E-state index contributed by atoms with van der Waals surface area (Å²) in [5, 5.41) is 4.69. The number of carbonyl (C=O) groups is 3. The largest absolute Gasteiger partial charge is 0.335 e. The Labute approximate surface area is 139 Å². The molecule has 0 aromatic carbocycles. The van der Waals surface area contributed by atoms with Gasteiger partial charge in [0.2, 0.25) is 5.91 Å². The van der Waals surface area contributed by atoms with E-state index in [4.69, 9.17) is 0 Å². The quantitative estimate of drug-likeness (QED) is 0.858. The third kappa shape index (κ3) is 2.73. The number of rotatable bonds is 3. The van der Waals surface area contributed by atoms with Gasteiger partial charge in [-0.05, 0) is 44.2 Å². The normalized spacial score (nSPS) is 23.0. The first kappa shape index (κ1) is 16.0. The molecule has 0 radical (unpaired) electrons. The molecule has 124 valence electrons. The van der Waals surface area contributed by atoms with Crippen LogP contribution in [0.3, 0.4) is 0 Å². The molecule has 3 heterocycles. The van der Waals surface area contributed by atoms with E-state index in [2.05, 4.69) is 16.8 Å². The Bertz CT molecular complexity index is 667. The van der Waals surface area contributed by atoms with Crippen LogP contribution in [0.5, 0.6) is 0 Å². The van der Waals surface area contributed by atoms with Gasteiger partial charge in [-0.25, -0.2) is 4.79 Å². The molecule has 23 heavy (non-hydrogen) atoms. The van der Waals surface area contributed by atoms with Crippen LogP contribution in [0.2, 0.25) is 0 Å². The van der Waals surface area contributed by atoms with Crippen molar-refractivity contribution < 1.29 is 14.4 Å². The summed E-state index contributed by atoms with van der Waals surface area (Å²) in [5.41, 5.74) is 0.329. The molecule has 2 aliphatic heterocycles. The lowest BCUT2D eigenvalue weighted by molar-refractivity contribution is -0.135. The molecule has 0 saturated carbocycles. The average Bonchev–Trinajstić information content (AvgIpc) is 3.02. The molecule has 4 amide bonds. The molecule has 0 bridgehead atoms. The van der Waals surface area contributed by atoms with E-state index in [-0.39, 0.29) is 30.8 Å². The molecule has 0 unspecified atom stereocenters. The second kappa shape index (κ2) is 5.63. The van der Waals surface area contributed by atoms with E-state index < -0.39 is 11.6 Å². The highest BCUT2D eigenvalue weighted by Gasteiger charge is 2.44. The van der Waals surface area contributed by atoms with E-state index in [0.29, 0.717) is 6.54 Å². The monoisotopic (exact) mass is 335 g/mol. The van der Waals surface area contributed by atoms with Crippen molar-refractivity contribution in [2.45, 2.75) is 45.2 Å². The highest BCUT2D eigenvalue weighted by molar-refractivity contribution is 7.10. The molecule has 0 spiro atoms. The Morgan fingerprint density at radius 3 is 2.83 bits per heavy atom.